The Morgan fingerprint density at radius 2 is 1.86 bits per heavy atom. The van der Waals surface area contributed by atoms with E-state index in [1.807, 2.05) is 38.1 Å². The second-order valence-corrected chi connectivity index (χ2v) is 9.19. The lowest BCUT2D eigenvalue weighted by molar-refractivity contribution is 0.0941. The topological polar surface area (TPSA) is 119 Å². The van der Waals surface area contributed by atoms with Gasteiger partial charge in [0.2, 0.25) is 5.82 Å². The highest BCUT2D eigenvalue weighted by atomic mass is 35.5. The molecule has 186 valence electrons. The Bertz CT molecular complexity index is 1600. The molecule has 2 N–H and O–H groups in total. The number of amides is 1. The van der Waals surface area contributed by atoms with E-state index in [4.69, 9.17) is 27.7 Å². The molecule has 0 aliphatic heterocycles. The van der Waals surface area contributed by atoms with Crippen LogP contribution in [0.25, 0.3) is 22.0 Å². The Morgan fingerprint density at radius 3 is 2.62 bits per heavy atom. The van der Waals surface area contributed by atoms with Crippen LogP contribution in [0.15, 0.2) is 59.5 Å². The summed E-state index contributed by atoms with van der Waals surface area (Å²) in [5.41, 5.74) is 4.88. The van der Waals surface area contributed by atoms with Crippen molar-refractivity contribution in [2.75, 3.05) is 5.32 Å². The molecule has 9 nitrogen and oxygen atoms in total. The van der Waals surface area contributed by atoms with Gasteiger partial charge in [-0.2, -0.15) is 0 Å². The Kier molecular flexibility index (Phi) is 6.98. The van der Waals surface area contributed by atoms with Crippen molar-refractivity contribution in [3.8, 4) is 11.1 Å². The van der Waals surface area contributed by atoms with Gasteiger partial charge in [0, 0.05) is 42.6 Å². The van der Waals surface area contributed by atoms with E-state index < -0.39 is 5.91 Å². The third kappa shape index (κ3) is 5.52. The van der Waals surface area contributed by atoms with E-state index in [-0.39, 0.29) is 12.4 Å². The van der Waals surface area contributed by atoms with Crippen LogP contribution >= 0.6 is 23.2 Å². The number of carbonyl (C=O) groups excluding carboxylic acids is 1. The molecule has 5 rings (SSSR count). The number of nitrogens with zero attached hydrogens (tertiary/aromatic N) is 5. The first-order valence-electron chi connectivity index (χ1n) is 11.3. The van der Waals surface area contributed by atoms with Crippen LogP contribution < -0.4 is 10.6 Å². The predicted octanol–water partition coefficient (Wildman–Crippen LogP) is 5.54. The van der Waals surface area contributed by atoms with Crippen molar-refractivity contribution < 1.29 is 9.32 Å². The summed E-state index contributed by atoms with van der Waals surface area (Å²) < 4.78 is 5.35. The lowest BCUT2D eigenvalue weighted by Crippen LogP contribution is -2.25. The van der Waals surface area contributed by atoms with Gasteiger partial charge in [0.1, 0.15) is 16.7 Å². The highest BCUT2D eigenvalue weighted by Gasteiger charge is 2.17. The number of carbonyl (C=O) groups is 1. The van der Waals surface area contributed by atoms with Gasteiger partial charge >= 0.3 is 0 Å². The van der Waals surface area contributed by atoms with Gasteiger partial charge in [-0.3, -0.25) is 9.78 Å². The van der Waals surface area contributed by atoms with Crippen LogP contribution in [0.5, 0.6) is 0 Å². The van der Waals surface area contributed by atoms with E-state index in [0.29, 0.717) is 33.8 Å². The third-order valence-corrected chi connectivity index (χ3v) is 6.10. The van der Waals surface area contributed by atoms with Gasteiger partial charge in [-0.15, -0.1) is 0 Å². The number of pyridine rings is 2. The van der Waals surface area contributed by atoms with Crippen LogP contribution in [0.3, 0.4) is 0 Å². The predicted molar refractivity (Wildman–Crippen MR) is 141 cm³/mol. The fraction of sp³-hybridized carbons (Fsp3) is 0.154. The number of aryl methyl sites for hydroxylation is 2. The van der Waals surface area contributed by atoms with Crippen LogP contribution in [-0.2, 0) is 13.1 Å². The molecule has 4 aromatic heterocycles. The Labute approximate surface area is 222 Å². The second-order valence-electron chi connectivity index (χ2n) is 8.36. The second kappa shape index (κ2) is 10.5. The molecule has 11 heteroatoms. The van der Waals surface area contributed by atoms with Crippen LogP contribution in [0.4, 0.5) is 5.82 Å². The van der Waals surface area contributed by atoms with E-state index in [1.54, 1.807) is 30.7 Å². The number of aromatic nitrogens is 5. The fourth-order valence-electron chi connectivity index (χ4n) is 3.97. The smallest absolute Gasteiger partial charge is 0.289 e. The van der Waals surface area contributed by atoms with E-state index >= 15 is 0 Å². The average molecular weight is 534 g/mol. The molecule has 0 fully saturated rings. The molecule has 0 saturated heterocycles. The minimum Gasteiger partial charge on any atom is -0.365 e. The van der Waals surface area contributed by atoms with Crippen LogP contribution in [0, 0.1) is 13.8 Å². The van der Waals surface area contributed by atoms with Crippen molar-refractivity contribution in [2.24, 2.45) is 0 Å². The zero-order valence-electron chi connectivity index (χ0n) is 19.9. The van der Waals surface area contributed by atoms with Gasteiger partial charge in [-0.05, 0) is 60.9 Å². The number of benzene rings is 1. The summed E-state index contributed by atoms with van der Waals surface area (Å²) in [6.45, 7) is 4.40. The van der Waals surface area contributed by atoms with E-state index in [9.17, 15) is 4.79 Å². The molecule has 0 bridgehead atoms. The van der Waals surface area contributed by atoms with Gasteiger partial charge in [0.15, 0.2) is 0 Å². The Morgan fingerprint density at radius 1 is 1.00 bits per heavy atom. The zero-order valence-corrected chi connectivity index (χ0v) is 21.4. The molecule has 1 aromatic carbocycles. The lowest BCUT2D eigenvalue weighted by atomic mass is 10.0. The number of hydrogen-bond donors (Lipinski definition) is 2. The first-order valence-corrected chi connectivity index (χ1v) is 12.1. The molecule has 5 aromatic rings. The normalized spacial score (nSPS) is 11.0. The summed E-state index contributed by atoms with van der Waals surface area (Å²) in [7, 11) is 0. The quantitative estimate of drug-likeness (QED) is 0.261. The molecular weight excluding hydrogens is 513 g/mol. The molecule has 4 heterocycles. The number of halogens is 2. The number of hydrogen-bond acceptors (Lipinski definition) is 8. The molecule has 0 aliphatic carbocycles. The summed E-state index contributed by atoms with van der Waals surface area (Å²) in [4.78, 5) is 30.2. The van der Waals surface area contributed by atoms with Crippen molar-refractivity contribution in [1.29, 1.82) is 0 Å². The summed E-state index contributed by atoms with van der Waals surface area (Å²) in [6, 6.07) is 11.0. The maximum atomic E-state index is 13.0. The summed E-state index contributed by atoms with van der Waals surface area (Å²) in [6.07, 6.45) is 4.87. The molecule has 0 aliphatic rings. The number of nitrogens with one attached hydrogen (secondary N) is 2. The van der Waals surface area contributed by atoms with Gasteiger partial charge < -0.3 is 15.2 Å². The zero-order chi connectivity index (χ0) is 25.9. The monoisotopic (exact) mass is 533 g/mol. The molecular formula is C26H21Cl2N7O2. The number of rotatable bonds is 7. The molecule has 0 atom stereocenters. The molecule has 0 saturated carbocycles. The lowest BCUT2D eigenvalue weighted by Gasteiger charge is -2.13. The van der Waals surface area contributed by atoms with Crippen molar-refractivity contribution in [2.45, 2.75) is 26.9 Å². The molecule has 0 radical (unpaired) electrons. The number of anilines is 1. The van der Waals surface area contributed by atoms with Gasteiger partial charge in [0.25, 0.3) is 5.91 Å². The SMILES string of the molecule is Cc1noc(C)c1-c1ccc2nc(C(=O)NCc3ccnc(Cl)c3)nc(NCc3cncc(Cl)c3)c2c1. The highest BCUT2D eigenvalue weighted by molar-refractivity contribution is 6.30. The minimum atomic E-state index is -0.419. The first-order chi connectivity index (χ1) is 17.9. The van der Waals surface area contributed by atoms with Crippen LogP contribution in [-0.4, -0.2) is 31.0 Å². The standard InChI is InChI=1S/C26H21Cl2N7O2/c1-14-23(15(2)37-35-14)18-3-4-21-20(9-18)24(31-12-17-7-19(27)13-29-10-17)34-25(33-21)26(36)32-11-16-5-6-30-22(28)8-16/h3-10,13H,11-12H2,1-2H3,(H,32,36)(H,31,33,34). The van der Waals surface area contributed by atoms with E-state index in [2.05, 4.69) is 35.7 Å². The summed E-state index contributed by atoms with van der Waals surface area (Å²) >= 11 is 12.0. The third-order valence-electron chi connectivity index (χ3n) is 5.69. The Hall–Kier alpha value is -4.08. The van der Waals surface area contributed by atoms with Gasteiger partial charge in [0.05, 0.1) is 16.2 Å². The van der Waals surface area contributed by atoms with E-state index in [0.717, 1.165) is 33.3 Å². The maximum Gasteiger partial charge on any atom is 0.289 e. The summed E-state index contributed by atoms with van der Waals surface area (Å²) in [5.74, 6) is 0.821. The summed E-state index contributed by atoms with van der Waals surface area (Å²) in [5, 5.41) is 11.8. The average Bonchev–Trinajstić information content (AvgIpc) is 3.23. The fourth-order valence-corrected chi connectivity index (χ4v) is 4.36. The first kappa shape index (κ1) is 24.6. The van der Waals surface area contributed by atoms with Crippen molar-refractivity contribution in [3.05, 3.63) is 93.6 Å². The van der Waals surface area contributed by atoms with Crippen molar-refractivity contribution >= 4 is 45.8 Å². The number of fused-ring (bicyclic) bond motifs is 1. The maximum absolute atomic E-state index is 13.0. The van der Waals surface area contributed by atoms with Gasteiger partial charge in [-0.1, -0.05) is 34.4 Å². The highest BCUT2D eigenvalue weighted by Crippen LogP contribution is 2.31. The molecule has 1 amide bonds. The molecule has 37 heavy (non-hydrogen) atoms. The Balaban J connectivity index is 1.50. The van der Waals surface area contributed by atoms with Crippen molar-refractivity contribution in [1.82, 2.24) is 30.4 Å². The van der Waals surface area contributed by atoms with Gasteiger partial charge in [-0.25, -0.2) is 15.0 Å². The largest absolute Gasteiger partial charge is 0.365 e. The van der Waals surface area contributed by atoms with E-state index in [1.165, 1.54) is 0 Å². The molecule has 0 spiro atoms. The van der Waals surface area contributed by atoms with Crippen LogP contribution in [0.2, 0.25) is 10.2 Å². The minimum absolute atomic E-state index is 0.0319. The molecule has 0 unspecified atom stereocenters. The van der Waals surface area contributed by atoms with Crippen LogP contribution in [0.1, 0.15) is 33.2 Å². The van der Waals surface area contributed by atoms with Crippen molar-refractivity contribution in [3.63, 3.8) is 0 Å².